The van der Waals surface area contributed by atoms with Gasteiger partial charge in [0.25, 0.3) is 0 Å². The molecule has 0 fully saturated rings. The number of phosphoric ester groups is 2. The summed E-state index contributed by atoms with van der Waals surface area (Å²) in [5.41, 5.74) is 0. The van der Waals surface area contributed by atoms with E-state index in [0.717, 1.165) is 102 Å². The molecule has 570 valence electrons. The minimum Gasteiger partial charge on any atom is -0.462 e. The summed E-state index contributed by atoms with van der Waals surface area (Å²) in [6.07, 6.45) is 56.6. The highest BCUT2D eigenvalue weighted by Crippen LogP contribution is 2.45. The maximum absolute atomic E-state index is 13.1. The zero-order chi connectivity index (χ0) is 70.7. The fourth-order valence-corrected chi connectivity index (χ4v) is 13.4. The van der Waals surface area contributed by atoms with Gasteiger partial charge in [-0.15, -0.1) is 0 Å². The standard InChI is InChI=1S/C77H150O17P2/c1-7-10-12-14-16-18-20-22-23-24-26-28-37-43-49-55-61-76(81)93-72(66-88-75(80)60-54-48-42-36-32-30-34-40-46-52-58-70(6)9-3)67-91-95(83,84)89-63-71(78)64-90-96(85,86)92-68-73(94-77(82)62-56-50-44-38-31-29-33-39-45-51-57-69(4)5)65-87-74(79)59-53-47-41-35-27-25-21-19-17-15-13-11-8-2/h69-73,78H,7-68H2,1-6H3,(H,83,84)(H,85,86)/t70?,71-,72-,73-/m1/s1. The number of carbonyl (C=O) groups is 4. The molecule has 3 N–H and O–H groups in total. The molecule has 0 saturated heterocycles. The van der Waals surface area contributed by atoms with Gasteiger partial charge in [0.05, 0.1) is 26.4 Å². The first-order valence-electron chi connectivity index (χ1n) is 40.0. The van der Waals surface area contributed by atoms with Crippen LogP contribution in [-0.2, 0) is 65.4 Å². The number of esters is 4. The molecular formula is C77H150O17P2. The molecule has 0 amide bonds. The Bertz CT molecular complexity index is 1860. The van der Waals surface area contributed by atoms with Crippen LogP contribution >= 0.6 is 15.6 Å². The van der Waals surface area contributed by atoms with Crippen LogP contribution in [0.3, 0.4) is 0 Å². The minimum atomic E-state index is -4.96. The first-order chi connectivity index (χ1) is 46.4. The molecule has 0 rings (SSSR count). The van der Waals surface area contributed by atoms with Gasteiger partial charge in [-0.05, 0) is 37.5 Å². The Labute approximate surface area is 588 Å². The first-order valence-corrected chi connectivity index (χ1v) is 43.0. The Morgan fingerprint density at radius 3 is 0.792 bits per heavy atom. The molecule has 19 heteroatoms. The smallest absolute Gasteiger partial charge is 0.462 e. The number of phosphoric acid groups is 2. The lowest BCUT2D eigenvalue weighted by molar-refractivity contribution is -0.161. The van der Waals surface area contributed by atoms with Gasteiger partial charge in [-0.2, -0.15) is 0 Å². The molecule has 3 unspecified atom stereocenters. The van der Waals surface area contributed by atoms with E-state index < -0.39 is 97.5 Å². The van der Waals surface area contributed by atoms with Crippen LogP contribution in [0.1, 0.15) is 401 Å². The zero-order valence-electron chi connectivity index (χ0n) is 62.7. The average molecular weight is 1410 g/mol. The van der Waals surface area contributed by atoms with Gasteiger partial charge in [0.15, 0.2) is 12.2 Å². The normalized spacial score (nSPS) is 14.3. The van der Waals surface area contributed by atoms with Crippen molar-refractivity contribution in [3.05, 3.63) is 0 Å². The largest absolute Gasteiger partial charge is 0.472 e. The van der Waals surface area contributed by atoms with Gasteiger partial charge >= 0.3 is 39.5 Å². The predicted octanol–water partition coefficient (Wildman–Crippen LogP) is 22.7. The van der Waals surface area contributed by atoms with E-state index in [1.165, 1.54) is 218 Å². The summed E-state index contributed by atoms with van der Waals surface area (Å²) in [6.45, 7) is 9.63. The Morgan fingerprint density at radius 1 is 0.302 bits per heavy atom. The average Bonchev–Trinajstić information content (AvgIpc) is 3.74. The molecule has 0 aliphatic carbocycles. The number of aliphatic hydroxyl groups excluding tert-OH is 1. The molecule has 0 aliphatic heterocycles. The predicted molar refractivity (Wildman–Crippen MR) is 391 cm³/mol. The highest BCUT2D eigenvalue weighted by atomic mass is 31.2. The van der Waals surface area contributed by atoms with Crippen molar-refractivity contribution >= 4 is 39.5 Å². The molecule has 0 bridgehead atoms. The van der Waals surface area contributed by atoms with Crippen LogP contribution in [0.25, 0.3) is 0 Å². The van der Waals surface area contributed by atoms with E-state index in [1.807, 2.05) is 0 Å². The van der Waals surface area contributed by atoms with Gasteiger partial charge in [-0.25, -0.2) is 9.13 Å². The van der Waals surface area contributed by atoms with Crippen molar-refractivity contribution in [3.8, 4) is 0 Å². The number of aliphatic hydroxyl groups is 1. The Hall–Kier alpha value is -1.94. The number of carbonyl (C=O) groups excluding carboxylic acids is 4. The van der Waals surface area contributed by atoms with E-state index in [1.54, 1.807) is 0 Å². The molecule has 0 aliphatic rings. The Morgan fingerprint density at radius 2 is 0.531 bits per heavy atom. The van der Waals surface area contributed by atoms with Crippen LogP contribution in [0.5, 0.6) is 0 Å². The third-order valence-electron chi connectivity index (χ3n) is 18.3. The van der Waals surface area contributed by atoms with E-state index in [4.69, 9.17) is 37.0 Å². The van der Waals surface area contributed by atoms with Gasteiger partial charge in [0.2, 0.25) is 0 Å². The molecule has 0 heterocycles. The molecule has 96 heavy (non-hydrogen) atoms. The quantitative estimate of drug-likeness (QED) is 0.0222. The second kappa shape index (κ2) is 68.8. The summed E-state index contributed by atoms with van der Waals surface area (Å²) in [7, 11) is -9.91. The van der Waals surface area contributed by atoms with Crippen LogP contribution in [0, 0.1) is 11.8 Å². The van der Waals surface area contributed by atoms with E-state index in [-0.39, 0.29) is 25.7 Å². The Kier molecular flexibility index (Phi) is 67.4. The summed E-state index contributed by atoms with van der Waals surface area (Å²) in [5, 5.41) is 10.6. The maximum Gasteiger partial charge on any atom is 0.472 e. The second-order valence-electron chi connectivity index (χ2n) is 28.5. The van der Waals surface area contributed by atoms with E-state index >= 15 is 0 Å². The van der Waals surface area contributed by atoms with Crippen LogP contribution < -0.4 is 0 Å². The summed E-state index contributed by atoms with van der Waals surface area (Å²) >= 11 is 0. The van der Waals surface area contributed by atoms with Gasteiger partial charge in [0.1, 0.15) is 19.3 Å². The van der Waals surface area contributed by atoms with Crippen molar-refractivity contribution < 1.29 is 80.2 Å². The number of rotatable bonds is 76. The first kappa shape index (κ1) is 94.1. The summed E-state index contributed by atoms with van der Waals surface area (Å²) in [5.74, 6) is -0.550. The van der Waals surface area contributed by atoms with Crippen molar-refractivity contribution in [2.24, 2.45) is 11.8 Å². The van der Waals surface area contributed by atoms with Crippen molar-refractivity contribution in [1.29, 1.82) is 0 Å². The minimum absolute atomic E-state index is 0.106. The van der Waals surface area contributed by atoms with Crippen molar-refractivity contribution in [1.82, 2.24) is 0 Å². The molecule has 0 spiro atoms. The molecule has 0 aromatic carbocycles. The molecule has 0 aromatic rings. The molecule has 17 nitrogen and oxygen atoms in total. The molecular weight excluding hydrogens is 1260 g/mol. The van der Waals surface area contributed by atoms with Crippen LogP contribution in [0.2, 0.25) is 0 Å². The SMILES string of the molecule is CCCCCCCCCCCCCCCCCCC(=O)O[C@H](COC(=O)CCCCCCCCCCCCC(C)CC)COP(=O)(O)OC[C@@H](O)COP(=O)(O)OC[C@@H](COC(=O)CCCCCCCCCCCCCCC)OC(=O)CCCCCCCCCCCCC(C)C. The summed E-state index contributed by atoms with van der Waals surface area (Å²) in [4.78, 5) is 72.9. The van der Waals surface area contributed by atoms with E-state index in [2.05, 4.69) is 41.5 Å². The third-order valence-corrected chi connectivity index (χ3v) is 20.2. The lowest BCUT2D eigenvalue weighted by Crippen LogP contribution is -2.30. The van der Waals surface area contributed by atoms with Crippen LogP contribution in [0.15, 0.2) is 0 Å². The Balaban J connectivity index is 5.27. The van der Waals surface area contributed by atoms with Gasteiger partial charge in [0, 0.05) is 25.7 Å². The maximum atomic E-state index is 13.1. The van der Waals surface area contributed by atoms with Crippen LogP contribution in [-0.4, -0.2) is 96.7 Å². The van der Waals surface area contributed by atoms with E-state index in [9.17, 15) is 43.2 Å². The third kappa shape index (κ3) is 69.2. The number of ether oxygens (including phenoxy) is 4. The molecule has 0 radical (unpaired) electrons. The van der Waals surface area contributed by atoms with Crippen LogP contribution in [0.4, 0.5) is 0 Å². The topological polar surface area (TPSA) is 237 Å². The van der Waals surface area contributed by atoms with Crippen molar-refractivity contribution in [2.75, 3.05) is 39.6 Å². The van der Waals surface area contributed by atoms with Crippen molar-refractivity contribution in [3.63, 3.8) is 0 Å². The number of hydrogen-bond acceptors (Lipinski definition) is 15. The van der Waals surface area contributed by atoms with Crippen molar-refractivity contribution in [2.45, 2.75) is 419 Å². The summed E-state index contributed by atoms with van der Waals surface area (Å²) in [6, 6.07) is 0. The highest BCUT2D eigenvalue weighted by molar-refractivity contribution is 7.47. The monoisotopic (exact) mass is 1410 g/mol. The fourth-order valence-electron chi connectivity index (χ4n) is 11.8. The highest BCUT2D eigenvalue weighted by Gasteiger charge is 2.30. The molecule has 0 saturated carbocycles. The second-order valence-corrected chi connectivity index (χ2v) is 31.4. The fraction of sp³-hybridized carbons (Fsp3) is 0.948. The molecule has 0 aromatic heterocycles. The van der Waals surface area contributed by atoms with Gasteiger partial charge in [-0.1, -0.05) is 350 Å². The zero-order valence-corrected chi connectivity index (χ0v) is 64.5. The van der Waals surface area contributed by atoms with E-state index in [0.29, 0.717) is 25.7 Å². The summed E-state index contributed by atoms with van der Waals surface area (Å²) < 4.78 is 68.6. The number of hydrogen-bond donors (Lipinski definition) is 3. The lowest BCUT2D eigenvalue weighted by Gasteiger charge is -2.21. The molecule has 6 atom stereocenters. The number of unbranched alkanes of at least 4 members (excludes halogenated alkanes) is 45. The van der Waals surface area contributed by atoms with Gasteiger partial charge < -0.3 is 33.8 Å². The van der Waals surface area contributed by atoms with Gasteiger partial charge in [-0.3, -0.25) is 37.3 Å². The lowest BCUT2D eigenvalue weighted by atomic mass is 9.99.